The molecular formula is C27H31N5O3. The zero-order valence-corrected chi connectivity index (χ0v) is 20.3. The summed E-state index contributed by atoms with van der Waals surface area (Å²) >= 11 is 0. The number of carbonyl (C=O) groups is 2. The van der Waals surface area contributed by atoms with Crippen LogP contribution >= 0.6 is 0 Å². The fourth-order valence-electron chi connectivity index (χ4n) is 4.49. The van der Waals surface area contributed by atoms with Gasteiger partial charge in [0.2, 0.25) is 11.9 Å². The van der Waals surface area contributed by atoms with Gasteiger partial charge in [-0.3, -0.25) is 9.59 Å². The number of carbonyl (C=O) groups excluding carboxylic acids is 2. The Kier molecular flexibility index (Phi) is 7.00. The van der Waals surface area contributed by atoms with E-state index in [-0.39, 0.29) is 23.7 Å². The normalized spacial score (nSPS) is 16.0. The SMILES string of the molecule is COc1ccc(-c2cnc(N)nc2[C@H]2CCCN(C(=O)C(C)(C)NC(=O)c3ccccc3)C2)cc1. The molecule has 0 saturated carbocycles. The third-order valence-corrected chi connectivity index (χ3v) is 6.33. The molecule has 2 amide bonds. The molecule has 0 unspecified atom stereocenters. The van der Waals surface area contributed by atoms with Crippen molar-refractivity contribution in [3.63, 3.8) is 0 Å². The molecule has 1 fully saturated rings. The third-order valence-electron chi connectivity index (χ3n) is 6.33. The molecule has 3 aromatic rings. The van der Waals surface area contributed by atoms with E-state index in [0.29, 0.717) is 18.7 Å². The lowest BCUT2D eigenvalue weighted by Gasteiger charge is -2.38. The van der Waals surface area contributed by atoms with Crippen LogP contribution in [0.3, 0.4) is 0 Å². The highest BCUT2D eigenvalue weighted by atomic mass is 16.5. The second kappa shape index (κ2) is 10.1. The first-order valence-corrected chi connectivity index (χ1v) is 11.7. The third kappa shape index (κ3) is 5.42. The second-order valence-corrected chi connectivity index (χ2v) is 9.29. The van der Waals surface area contributed by atoms with E-state index in [0.717, 1.165) is 35.4 Å². The van der Waals surface area contributed by atoms with Gasteiger partial charge in [0.1, 0.15) is 11.3 Å². The van der Waals surface area contributed by atoms with E-state index in [1.807, 2.05) is 35.2 Å². The van der Waals surface area contributed by atoms with Crippen molar-refractivity contribution < 1.29 is 14.3 Å². The first-order valence-electron chi connectivity index (χ1n) is 11.7. The highest BCUT2D eigenvalue weighted by molar-refractivity contribution is 5.99. The maximum atomic E-state index is 13.5. The summed E-state index contributed by atoms with van der Waals surface area (Å²) in [6, 6.07) is 16.6. The lowest BCUT2D eigenvalue weighted by Crippen LogP contribution is -2.57. The van der Waals surface area contributed by atoms with Crippen molar-refractivity contribution in [3.8, 4) is 16.9 Å². The van der Waals surface area contributed by atoms with Crippen molar-refractivity contribution in [2.45, 2.75) is 38.1 Å². The summed E-state index contributed by atoms with van der Waals surface area (Å²) in [5.74, 6) is 0.565. The van der Waals surface area contributed by atoms with Crippen LogP contribution in [0.2, 0.25) is 0 Å². The molecular weight excluding hydrogens is 442 g/mol. The van der Waals surface area contributed by atoms with Gasteiger partial charge < -0.3 is 20.7 Å². The molecule has 3 N–H and O–H groups in total. The number of rotatable bonds is 6. The minimum atomic E-state index is -1.06. The number of ether oxygens (including phenoxy) is 1. The monoisotopic (exact) mass is 473 g/mol. The van der Waals surface area contributed by atoms with Gasteiger partial charge in [-0.15, -0.1) is 0 Å². The van der Waals surface area contributed by atoms with Gasteiger partial charge in [-0.05, 0) is 56.5 Å². The number of nitrogens with one attached hydrogen (secondary N) is 1. The van der Waals surface area contributed by atoms with Gasteiger partial charge in [0.15, 0.2) is 0 Å². The molecule has 1 saturated heterocycles. The number of nitrogen functional groups attached to an aromatic ring is 1. The lowest BCUT2D eigenvalue weighted by atomic mass is 9.89. The maximum Gasteiger partial charge on any atom is 0.252 e. The van der Waals surface area contributed by atoms with E-state index in [1.165, 1.54) is 0 Å². The summed E-state index contributed by atoms with van der Waals surface area (Å²) in [5, 5.41) is 2.89. The first-order chi connectivity index (χ1) is 16.8. The fourth-order valence-corrected chi connectivity index (χ4v) is 4.49. The Morgan fingerprint density at radius 1 is 1.11 bits per heavy atom. The number of piperidine rings is 1. The summed E-state index contributed by atoms with van der Waals surface area (Å²) in [6.07, 6.45) is 3.44. The average Bonchev–Trinajstić information content (AvgIpc) is 2.88. The summed E-state index contributed by atoms with van der Waals surface area (Å²) in [4.78, 5) is 36.8. The molecule has 8 nitrogen and oxygen atoms in total. The number of aromatic nitrogens is 2. The van der Waals surface area contributed by atoms with Gasteiger partial charge in [-0.25, -0.2) is 9.97 Å². The maximum absolute atomic E-state index is 13.5. The summed E-state index contributed by atoms with van der Waals surface area (Å²) in [5.41, 5.74) is 8.09. The Labute approximate surface area is 205 Å². The van der Waals surface area contributed by atoms with Gasteiger partial charge in [0.25, 0.3) is 5.91 Å². The van der Waals surface area contributed by atoms with Crippen LogP contribution in [0, 0.1) is 0 Å². The molecule has 35 heavy (non-hydrogen) atoms. The van der Waals surface area contributed by atoms with E-state index in [9.17, 15) is 9.59 Å². The molecule has 8 heteroatoms. The molecule has 1 atom stereocenters. The van der Waals surface area contributed by atoms with Crippen molar-refractivity contribution in [1.29, 1.82) is 0 Å². The van der Waals surface area contributed by atoms with Crippen LogP contribution < -0.4 is 15.8 Å². The molecule has 0 bridgehead atoms. The highest BCUT2D eigenvalue weighted by Gasteiger charge is 2.37. The molecule has 0 radical (unpaired) electrons. The molecule has 1 aromatic heterocycles. The fraction of sp³-hybridized carbons (Fsp3) is 0.333. The van der Waals surface area contributed by atoms with Gasteiger partial charge in [-0.1, -0.05) is 30.3 Å². The van der Waals surface area contributed by atoms with Crippen LogP contribution in [0.1, 0.15) is 48.7 Å². The molecule has 0 spiro atoms. The lowest BCUT2D eigenvalue weighted by molar-refractivity contribution is -0.138. The predicted molar refractivity (Wildman–Crippen MR) is 135 cm³/mol. The van der Waals surface area contributed by atoms with Crippen LogP contribution in [0.25, 0.3) is 11.1 Å². The van der Waals surface area contributed by atoms with E-state index >= 15 is 0 Å². The molecule has 2 heterocycles. The topological polar surface area (TPSA) is 110 Å². The molecule has 2 aromatic carbocycles. The Morgan fingerprint density at radius 2 is 1.83 bits per heavy atom. The molecule has 1 aliphatic heterocycles. The minimum absolute atomic E-state index is 0.00396. The number of nitrogens with zero attached hydrogens (tertiary/aromatic N) is 3. The van der Waals surface area contributed by atoms with E-state index in [4.69, 9.17) is 10.5 Å². The smallest absolute Gasteiger partial charge is 0.252 e. The van der Waals surface area contributed by atoms with Crippen molar-refractivity contribution in [3.05, 3.63) is 72.1 Å². The van der Waals surface area contributed by atoms with Gasteiger partial charge in [-0.2, -0.15) is 0 Å². The van der Waals surface area contributed by atoms with E-state index < -0.39 is 5.54 Å². The molecule has 4 rings (SSSR count). The summed E-state index contributed by atoms with van der Waals surface area (Å²) in [7, 11) is 1.63. The largest absolute Gasteiger partial charge is 0.497 e. The molecule has 182 valence electrons. The minimum Gasteiger partial charge on any atom is -0.497 e. The first kappa shape index (κ1) is 24.2. The zero-order valence-electron chi connectivity index (χ0n) is 20.3. The number of amides is 2. The molecule has 1 aliphatic rings. The van der Waals surface area contributed by atoms with Crippen LogP contribution in [0.5, 0.6) is 5.75 Å². The zero-order chi connectivity index (χ0) is 25.0. The number of methoxy groups -OCH3 is 1. The second-order valence-electron chi connectivity index (χ2n) is 9.29. The standard InChI is InChI=1S/C27H31N5O3/c1-27(2,31-24(33)19-8-5-4-6-9-19)25(34)32-15-7-10-20(17-32)23-22(16-29-26(28)30-23)18-11-13-21(35-3)14-12-18/h4-6,8-9,11-14,16,20H,7,10,15,17H2,1-3H3,(H,31,33)(H2,28,29,30)/t20-/m0/s1. The number of hydrogen-bond acceptors (Lipinski definition) is 6. The van der Waals surface area contributed by atoms with Gasteiger partial charge >= 0.3 is 0 Å². The quantitative estimate of drug-likeness (QED) is 0.565. The Hall–Kier alpha value is -3.94. The predicted octanol–water partition coefficient (Wildman–Crippen LogP) is 3.65. The van der Waals surface area contributed by atoms with Crippen molar-refractivity contribution in [1.82, 2.24) is 20.2 Å². The molecule has 0 aliphatic carbocycles. The Bertz CT molecular complexity index is 1200. The van der Waals surface area contributed by atoms with Crippen molar-refractivity contribution in [2.75, 3.05) is 25.9 Å². The van der Waals surface area contributed by atoms with E-state index in [2.05, 4.69) is 15.3 Å². The number of likely N-dealkylation sites (tertiary alicyclic amines) is 1. The Morgan fingerprint density at radius 3 is 2.51 bits per heavy atom. The van der Waals surface area contributed by atoms with Crippen molar-refractivity contribution in [2.24, 2.45) is 0 Å². The van der Waals surface area contributed by atoms with Crippen LogP contribution in [0.4, 0.5) is 5.95 Å². The average molecular weight is 474 g/mol. The number of hydrogen-bond donors (Lipinski definition) is 2. The van der Waals surface area contributed by atoms with Gasteiger partial charge in [0.05, 0.1) is 12.8 Å². The van der Waals surface area contributed by atoms with Crippen LogP contribution in [-0.2, 0) is 4.79 Å². The summed E-state index contributed by atoms with van der Waals surface area (Å²) in [6.45, 7) is 4.60. The van der Waals surface area contributed by atoms with Crippen LogP contribution in [-0.4, -0.2) is 52.4 Å². The van der Waals surface area contributed by atoms with E-state index in [1.54, 1.807) is 51.4 Å². The number of anilines is 1. The van der Waals surface area contributed by atoms with Crippen LogP contribution in [0.15, 0.2) is 60.8 Å². The number of nitrogens with two attached hydrogens (primary N) is 1. The van der Waals surface area contributed by atoms with Gasteiger partial charge in [0, 0.05) is 36.3 Å². The van der Waals surface area contributed by atoms with Crippen molar-refractivity contribution >= 4 is 17.8 Å². The highest BCUT2D eigenvalue weighted by Crippen LogP contribution is 2.34. The Balaban J connectivity index is 1.54. The summed E-state index contributed by atoms with van der Waals surface area (Å²) < 4.78 is 5.27. The number of benzene rings is 2.